The summed E-state index contributed by atoms with van der Waals surface area (Å²) in [6.45, 7) is 5.88. The Hall–Kier alpha value is -2.99. The molecule has 0 aliphatic carbocycles. The molecule has 7 nitrogen and oxygen atoms in total. The van der Waals surface area contributed by atoms with Crippen molar-refractivity contribution in [3.8, 4) is 27.8 Å². The summed E-state index contributed by atoms with van der Waals surface area (Å²) in [6.07, 6.45) is 1.59. The van der Waals surface area contributed by atoms with E-state index < -0.39 is 5.60 Å². The van der Waals surface area contributed by atoms with Crippen molar-refractivity contribution in [1.82, 2.24) is 14.9 Å². The second-order valence-electron chi connectivity index (χ2n) is 8.64. The van der Waals surface area contributed by atoms with Crippen molar-refractivity contribution in [2.45, 2.75) is 45.3 Å². The van der Waals surface area contributed by atoms with Crippen LogP contribution in [0.1, 0.15) is 37.9 Å². The van der Waals surface area contributed by atoms with Crippen molar-refractivity contribution in [2.75, 3.05) is 11.9 Å². The van der Waals surface area contributed by atoms with Crippen molar-refractivity contribution in [3.63, 3.8) is 0 Å². The van der Waals surface area contributed by atoms with Gasteiger partial charge in [-0.3, -0.25) is 5.32 Å². The highest BCUT2D eigenvalue weighted by Crippen LogP contribution is 2.40. The number of thiazole rings is 1. The van der Waals surface area contributed by atoms with Crippen LogP contribution in [0.3, 0.4) is 0 Å². The summed E-state index contributed by atoms with van der Waals surface area (Å²) in [7, 11) is 0. The fourth-order valence-corrected chi connectivity index (χ4v) is 5.38. The van der Waals surface area contributed by atoms with Crippen molar-refractivity contribution < 1.29 is 9.90 Å². The van der Waals surface area contributed by atoms with Crippen LogP contribution in [0.5, 0.6) is 0 Å². The molecular formula is C24H24ClN5O2S. The smallest absolute Gasteiger partial charge is 0.323 e. The van der Waals surface area contributed by atoms with E-state index >= 15 is 0 Å². The number of carbonyl (C=O) groups is 1. The lowest BCUT2D eigenvalue weighted by molar-refractivity contribution is 0.0117. The first-order valence-corrected chi connectivity index (χ1v) is 11.8. The molecule has 9 heteroatoms. The lowest BCUT2D eigenvalue weighted by Gasteiger charge is -2.33. The maximum atomic E-state index is 13.1. The zero-order valence-corrected chi connectivity index (χ0v) is 20.2. The molecule has 1 aromatic carbocycles. The zero-order chi connectivity index (χ0) is 23.8. The summed E-state index contributed by atoms with van der Waals surface area (Å²) in [4.78, 5) is 24.5. The summed E-state index contributed by atoms with van der Waals surface area (Å²) in [5.74, 6) is 0. The van der Waals surface area contributed by atoms with Crippen LogP contribution in [0.2, 0.25) is 5.15 Å². The number of pyridine rings is 1. The molecule has 1 atom stereocenters. The van der Waals surface area contributed by atoms with E-state index in [9.17, 15) is 15.2 Å². The molecule has 2 aromatic heterocycles. The van der Waals surface area contributed by atoms with Gasteiger partial charge in [0.2, 0.25) is 0 Å². The average Bonchev–Trinajstić information content (AvgIpc) is 3.40. The molecule has 1 saturated heterocycles. The lowest BCUT2D eigenvalue weighted by Crippen LogP contribution is -2.49. The van der Waals surface area contributed by atoms with Crippen molar-refractivity contribution >= 4 is 34.1 Å². The molecule has 0 bridgehead atoms. The van der Waals surface area contributed by atoms with Gasteiger partial charge in [-0.25, -0.2) is 14.8 Å². The van der Waals surface area contributed by atoms with E-state index in [1.165, 1.54) is 11.3 Å². The van der Waals surface area contributed by atoms with E-state index in [1.807, 2.05) is 19.1 Å². The van der Waals surface area contributed by atoms with Crippen molar-refractivity contribution in [3.05, 3.63) is 52.8 Å². The van der Waals surface area contributed by atoms with Gasteiger partial charge in [-0.1, -0.05) is 35.1 Å². The Morgan fingerprint density at radius 3 is 2.79 bits per heavy atom. The first-order chi connectivity index (χ1) is 15.7. The monoisotopic (exact) mass is 481 g/mol. The Bertz CT molecular complexity index is 1220. The van der Waals surface area contributed by atoms with Gasteiger partial charge in [-0.15, -0.1) is 0 Å². The van der Waals surface area contributed by atoms with E-state index in [0.29, 0.717) is 28.1 Å². The van der Waals surface area contributed by atoms with Crippen LogP contribution in [-0.2, 0) is 0 Å². The number of likely N-dealkylation sites (tertiary alicyclic amines) is 1. The van der Waals surface area contributed by atoms with E-state index in [2.05, 4.69) is 16.4 Å². The highest BCUT2D eigenvalue weighted by Gasteiger charge is 2.38. The van der Waals surface area contributed by atoms with Crippen LogP contribution >= 0.6 is 22.9 Å². The topological polar surface area (TPSA) is 102 Å². The quantitative estimate of drug-likeness (QED) is 0.481. The number of aryl methyl sites for hydroxylation is 1. The van der Waals surface area contributed by atoms with Gasteiger partial charge in [0.15, 0.2) is 5.13 Å². The maximum absolute atomic E-state index is 13.1. The van der Waals surface area contributed by atoms with Crippen LogP contribution in [0.15, 0.2) is 36.4 Å². The minimum atomic E-state index is -0.990. The number of aromatic nitrogens is 2. The normalized spacial score (nSPS) is 16.0. The number of urea groups is 1. The number of nitriles is 1. The number of amides is 2. The van der Waals surface area contributed by atoms with Gasteiger partial charge in [-0.2, -0.15) is 5.26 Å². The summed E-state index contributed by atoms with van der Waals surface area (Å²) < 4.78 is 0. The van der Waals surface area contributed by atoms with Crippen LogP contribution in [0, 0.1) is 18.3 Å². The molecule has 1 aliphatic rings. The highest BCUT2D eigenvalue weighted by molar-refractivity contribution is 7.19. The Kier molecular flexibility index (Phi) is 6.39. The fourth-order valence-electron chi connectivity index (χ4n) is 4.17. The number of benzene rings is 1. The zero-order valence-electron chi connectivity index (χ0n) is 18.6. The van der Waals surface area contributed by atoms with Crippen LogP contribution in [0.4, 0.5) is 9.93 Å². The largest absolute Gasteiger partial charge is 0.388 e. The number of nitrogens with zero attached hydrogens (tertiary/aromatic N) is 4. The Morgan fingerprint density at radius 1 is 1.30 bits per heavy atom. The summed E-state index contributed by atoms with van der Waals surface area (Å²) >= 11 is 7.54. The third-order valence-corrected chi connectivity index (χ3v) is 6.83. The third-order valence-electron chi connectivity index (χ3n) is 5.62. The third kappa shape index (κ3) is 5.01. The minimum absolute atomic E-state index is 0.259. The summed E-state index contributed by atoms with van der Waals surface area (Å²) in [5.41, 5.74) is 2.54. The Labute approximate surface area is 201 Å². The molecule has 2 amide bonds. The van der Waals surface area contributed by atoms with Crippen molar-refractivity contribution in [2.24, 2.45) is 0 Å². The van der Waals surface area contributed by atoms with Crippen LogP contribution in [0.25, 0.3) is 21.7 Å². The van der Waals surface area contributed by atoms with Crippen molar-refractivity contribution in [1.29, 1.82) is 5.26 Å². The molecule has 3 aromatic rings. The first kappa shape index (κ1) is 23.2. The van der Waals surface area contributed by atoms with E-state index in [4.69, 9.17) is 16.6 Å². The molecule has 1 unspecified atom stereocenters. The number of anilines is 1. The SMILES string of the molecule is Cc1cc(-c2sc(NC(=O)N3CCCC3C(C)(C)O)nc2-c2cccc(C#N)c2)cc(Cl)n1. The fraction of sp³-hybridized carbons (Fsp3) is 0.333. The molecule has 4 rings (SSSR count). The molecule has 1 aliphatic heterocycles. The molecule has 1 fully saturated rings. The molecular weight excluding hydrogens is 458 g/mol. The van der Waals surface area contributed by atoms with Gasteiger partial charge in [0, 0.05) is 17.8 Å². The number of halogens is 1. The molecule has 0 spiro atoms. The number of carbonyl (C=O) groups excluding carboxylic acids is 1. The average molecular weight is 482 g/mol. The van der Waals surface area contributed by atoms with Gasteiger partial charge in [-0.05, 0) is 63.4 Å². The van der Waals surface area contributed by atoms with Gasteiger partial charge < -0.3 is 10.0 Å². The molecule has 0 saturated carbocycles. The van der Waals surface area contributed by atoms with E-state index in [-0.39, 0.29) is 12.1 Å². The maximum Gasteiger partial charge on any atom is 0.323 e. The predicted octanol–water partition coefficient (Wildman–Crippen LogP) is 5.47. The van der Waals surface area contributed by atoms with Gasteiger partial charge >= 0.3 is 6.03 Å². The molecule has 2 N–H and O–H groups in total. The second kappa shape index (κ2) is 9.10. The number of hydrogen-bond acceptors (Lipinski definition) is 6. The van der Waals surface area contributed by atoms with Gasteiger partial charge in [0.1, 0.15) is 5.15 Å². The van der Waals surface area contributed by atoms with E-state index in [0.717, 1.165) is 34.5 Å². The number of nitrogens with one attached hydrogen (secondary N) is 1. The summed E-state index contributed by atoms with van der Waals surface area (Å²) in [6, 6.07) is 12.5. The standard InChI is InChI=1S/C24H24ClN5O2S/c1-14-10-17(12-19(25)27-14)21-20(16-7-4-6-15(11-16)13-26)28-22(33-21)29-23(31)30-9-5-8-18(30)24(2,3)32/h4,6-7,10-12,18,32H,5,8-9H2,1-3H3,(H,28,29,31). The Morgan fingerprint density at radius 2 is 2.09 bits per heavy atom. The number of aliphatic hydroxyl groups is 1. The molecule has 0 radical (unpaired) electrons. The van der Waals surface area contributed by atoms with Gasteiger partial charge in [0.25, 0.3) is 0 Å². The molecule has 33 heavy (non-hydrogen) atoms. The van der Waals surface area contributed by atoms with Gasteiger partial charge in [0.05, 0.1) is 33.8 Å². The molecule has 3 heterocycles. The van der Waals surface area contributed by atoms with E-state index in [1.54, 1.807) is 43.0 Å². The predicted molar refractivity (Wildman–Crippen MR) is 130 cm³/mol. The second-order valence-corrected chi connectivity index (χ2v) is 10.0. The number of hydrogen-bond donors (Lipinski definition) is 2. The summed E-state index contributed by atoms with van der Waals surface area (Å²) in [5, 5.41) is 23.5. The van der Waals surface area contributed by atoms with Crippen LogP contribution in [-0.4, -0.2) is 44.2 Å². The van der Waals surface area contributed by atoms with Crippen LogP contribution < -0.4 is 5.32 Å². The first-order valence-electron chi connectivity index (χ1n) is 10.6. The Balaban J connectivity index is 1.73. The lowest BCUT2D eigenvalue weighted by atomic mass is 9.97. The highest BCUT2D eigenvalue weighted by atomic mass is 35.5. The number of rotatable bonds is 4. The minimum Gasteiger partial charge on any atom is -0.388 e. The molecule has 170 valence electrons.